The number of nitrogens with zero attached hydrogens (tertiary/aromatic N) is 1. The summed E-state index contributed by atoms with van der Waals surface area (Å²) < 4.78 is 6.76. The SMILES string of the molecule is Cc1ccc2c3c1O[C@H]1c4[nH]c5ccccc5c4C[C@@]4(O)[C@@H](C2)N(C)CC[C@]314. The van der Waals surface area contributed by atoms with Crippen molar-refractivity contribution in [1.82, 2.24) is 9.88 Å². The molecule has 2 aliphatic carbocycles. The van der Waals surface area contributed by atoms with Crippen molar-refractivity contribution in [3.63, 3.8) is 0 Å². The van der Waals surface area contributed by atoms with E-state index in [0.717, 1.165) is 30.7 Å². The molecule has 2 aliphatic heterocycles. The number of likely N-dealkylation sites (N-methyl/N-ethyl adjacent to an activating group) is 1. The summed E-state index contributed by atoms with van der Waals surface area (Å²) in [6.45, 7) is 3.13. The van der Waals surface area contributed by atoms with Gasteiger partial charge in [-0.25, -0.2) is 0 Å². The minimum atomic E-state index is -0.811. The molecule has 1 saturated heterocycles. The van der Waals surface area contributed by atoms with Crippen molar-refractivity contribution in [3.05, 3.63) is 64.3 Å². The fraction of sp³-hybridized carbons (Fsp3) is 0.417. The number of likely N-dealkylation sites (tertiary alicyclic amines) is 1. The molecule has 4 heteroatoms. The Morgan fingerprint density at radius 3 is 2.96 bits per heavy atom. The average molecular weight is 372 g/mol. The second-order valence-electron chi connectivity index (χ2n) is 9.33. The van der Waals surface area contributed by atoms with Crippen LogP contribution in [0.4, 0.5) is 0 Å². The Balaban J connectivity index is 1.62. The second kappa shape index (κ2) is 4.64. The monoisotopic (exact) mass is 372 g/mol. The molecule has 3 aromatic rings. The second-order valence-corrected chi connectivity index (χ2v) is 9.33. The number of para-hydroxylation sites is 1. The van der Waals surface area contributed by atoms with Crippen LogP contribution in [0.25, 0.3) is 10.9 Å². The van der Waals surface area contributed by atoms with E-state index < -0.39 is 5.60 Å². The van der Waals surface area contributed by atoms with Gasteiger partial charge in [0.15, 0.2) is 6.10 Å². The Kier molecular flexibility index (Phi) is 2.58. The van der Waals surface area contributed by atoms with Crippen LogP contribution in [0.1, 0.15) is 40.5 Å². The number of H-pyrrole nitrogens is 1. The number of aliphatic hydroxyl groups is 1. The van der Waals surface area contributed by atoms with Crippen molar-refractivity contribution in [1.29, 1.82) is 0 Å². The highest BCUT2D eigenvalue weighted by Gasteiger charge is 2.72. The Labute approximate surface area is 164 Å². The van der Waals surface area contributed by atoms with E-state index in [1.165, 1.54) is 33.3 Å². The Bertz CT molecular complexity index is 1180. The maximum absolute atomic E-state index is 12.5. The van der Waals surface area contributed by atoms with Gasteiger partial charge >= 0.3 is 0 Å². The molecular formula is C24H24N2O2. The number of piperidine rings is 1. The van der Waals surface area contributed by atoms with Crippen molar-refractivity contribution < 1.29 is 9.84 Å². The molecule has 1 spiro atoms. The minimum Gasteiger partial charge on any atom is -0.483 e. The zero-order valence-corrected chi connectivity index (χ0v) is 16.2. The quantitative estimate of drug-likeness (QED) is 0.636. The predicted octanol–water partition coefficient (Wildman–Crippen LogP) is 3.40. The number of hydrogen-bond acceptors (Lipinski definition) is 3. The standard InChI is InChI=1S/C24H24N2O2/c1-13-7-8-14-11-18-24(27)12-16-15-5-3-4-6-17(15)25-20(16)22-23(24,9-10-26(18)2)19(14)21(13)28-22/h3-8,18,22,25,27H,9-12H2,1-2H3/t18-,22+,23+,24-/m1/s1. The molecule has 7 rings (SSSR count). The summed E-state index contributed by atoms with van der Waals surface area (Å²) in [7, 11) is 2.17. The molecule has 4 aliphatic rings. The van der Waals surface area contributed by atoms with Gasteiger partial charge in [0.05, 0.1) is 16.7 Å². The largest absolute Gasteiger partial charge is 0.483 e. The Morgan fingerprint density at radius 2 is 2.07 bits per heavy atom. The van der Waals surface area contributed by atoms with Gasteiger partial charge in [0, 0.05) is 28.9 Å². The van der Waals surface area contributed by atoms with Crippen LogP contribution < -0.4 is 4.74 Å². The molecule has 0 radical (unpaired) electrons. The first kappa shape index (κ1) is 15.6. The van der Waals surface area contributed by atoms with Gasteiger partial charge in [0.1, 0.15) is 5.75 Å². The number of hydrogen-bond donors (Lipinski definition) is 2. The fourth-order valence-electron chi connectivity index (χ4n) is 6.99. The van der Waals surface area contributed by atoms with E-state index >= 15 is 0 Å². The van der Waals surface area contributed by atoms with Crippen LogP contribution in [-0.2, 0) is 18.3 Å². The normalized spacial score (nSPS) is 34.8. The van der Waals surface area contributed by atoms with Crippen LogP contribution in [0.15, 0.2) is 36.4 Å². The highest BCUT2D eigenvalue weighted by molar-refractivity contribution is 5.86. The van der Waals surface area contributed by atoms with Gasteiger partial charge < -0.3 is 19.7 Å². The zero-order chi connectivity index (χ0) is 18.8. The third kappa shape index (κ3) is 1.45. The van der Waals surface area contributed by atoms with Crippen LogP contribution in [0.2, 0.25) is 0 Å². The van der Waals surface area contributed by atoms with Crippen molar-refractivity contribution in [2.45, 2.75) is 49.3 Å². The summed E-state index contributed by atoms with van der Waals surface area (Å²) >= 11 is 0. The number of rotatable bonds is 0. The van der Waals surface area contributed by atoms with E-state index in [1.54, 1.807) is 0 Å². The summed E-state index contributed by atoms with van der Waals surface area (Å²) in [4.78, 5) is 6.06. The number of aryl methyl sites for hydroxylation is 1. The molecule has 3 heterocycles. The lowest BCUT2D eigenvalue weighted by atomic mass is 9.49. The number of nitrogens with one attached hydrogen (secondary N) is 1. The summed E-state index contributed by atoms with van der Waals surface area (Å²) in [5, 5.41) is 13.7. The molecule has 0 saturated carbocycles. The summed E-state index contributed by atoms with van der Waals surface area (Å²) in [5.74, 6) is 1.02. The highest BCUT2D eigenvalue weighted by Crippen LogP contribution is 2.67. The lowest BCUT2D eigenvalue weighted by Gasteiger charge is -2.62. The molecule has 0 unspecified atom stereocenters. The van der Waals surface area contributed by atoms with E-state index in [-0.39, 0.29) is 17.6 Å². The molecule has 142 valence electrons. The van der Waals surface area contributed by atoms with Crippen molar-refractivity contribution in [3.8, 4) is 5.75 Å². The third-order valence-electron chi connectivity index (χ3n) is 8.25. The van der Waals surface area contributed by atoms with Crippen LogP contribution in [0, 0.1) is 6.92 Å². The predicted molar refractivity (Wildman–Crippen MR) is 108 cm³/mol. The zero-order valence-electron chi connectivity index (χ0n) is 16.2. The maximum atomic E-state index is 12.5. The van der Waals surface area contributed by atoms with Crippen LogP contribution in [0.5, 0.6) is 5.75 Å². The molecule has 4 atom stereocenters. The molecule has 4 nitrogen and oxygen atoms in total. The number of fused-ring (bicyclic) bond motifs is 4. The smallest absolute Gasteiger partial charge is 0.151 e. The van der Waals surface area contributed by atoms with Crippen molar-refractivity contribution in [2.75, 3.05) is 13.6 Å². The van der Waals surface area contributed by atoms with Gasteiger partial charge in [-0.05, 0) is 56.1 Å². The maximum Gasteiger partial charge on any atom is 0.151 e. The molecule has 2 aromatic carbocycles. The lowest BCUT2D eigenvalue weighted by molar-refractivity contribution is -0.167. The van der Waals surface area contributed by atoms with Gasteiger partial charge in [-0.15, -0.1) is 0 Å². The van der Waals surface area contributed by atoms with E-state index in [1.807, 2.05) is 0 Å². The first-order valence-electron chi connectivity index (χ1n) is 10.4. The molecule has 1 aromatic heterocycles. The fourth-order valence-corrected chi connectivity index (χ4v) is 6.99. The average Bonchev–Trinajstić information content (AvgIpc) is 3.22. The lowest BCUT2D eigenvalue weighted by Crippen LogP contribution is -2.73. The number of aromatic nitrogens is 1. The van der Waals surface area contributed by atoms with Gasteiger partial charge in [0.25, 0.3) is 0 Å². The van der Waals surface area contributed by atoms with Crippen LogP contribution >= 0.6 is 0 Å². The first-order chi connectivity index (χ1) is 13.5. The highest BCUT2D eigenvalue weighted by atomic mass is 16.5. The summed E-state index contributed by atoms with van der Waals surface area (Å²) in [6.07, 6.45) is 2.37. The molecule has 2 N–H and O–H groups in total. The Hall–Kier alpha value is -2.30. The van der Waals surface area contributed by atoms with Gasteiger partial charge in [0.2, 0.25) is 0 Å². The van der Waals surface area contributed by atoms with Crippen molar-refractivity contribution in [2.24, 2.45) is 0 Å². The number of benzene rings is 2. The van der Waals surface area contributed by atoms with Gasteiger partial charge in [-0.3, -0.25) is 0 Å². The van der Waals surface area contributed by atoms with Crippen molar-refractivity contribution >= 4 is 10.9 Å². The molecule has 28 heavy (non-hydrogen) atoms. The van der Waals surface area contributed by atoms with E-state index in [2.05, 4.69) is 60.3 Å². The van der Waals surface area contributed by atoms with E-state index in [9.17, 15) is 5.11 Å². The first-order valence-corrected chi connectivity index (χ1v) is 10.4. The molecule has 0 amide bonds. The molecule has 1 fully saturated rings. The molecule has 2 bridgehead atoms. The summed E-state index contributed by atoms with van der Waals surface area (Å²) in [5.41, 5.74) is 6.25. The molecular weight excluding hydrogens is 348 g/mol. The third-order valence-corrected chi connectivity index (χ3v) is 8.25. The number of aromatic amines is 1. The van der Waals surface area contributed by atoms with Crippen LogP contribution in [0.3, 0.4) is 0 Å². The topological polar surface area (TPSA) is 48.5 Å². The summed E-state index contributed by atoms with van der Waals surface area (Å²) in [6, 6.07) is 13.1. The minimum absolute atomic E-state index is 0.121. The number of ether oxygens (including phenoxy) is 1. The van der Waals surface area contributed by atoms with Crippen LogP contribution in [-0.4, -0.2) is 40.2 Å². The van der Waals surface area contributed by atoms with Gasteiger partial charge in [-0.2, -0.15) is 0 Å². The van der Waals surface area contributed by atoms with E-state index in [4.69, 9.17) is 4.74 Å². The van der Waals surface area contributed by atoms with Gasteiger partial charge in [-0.1, -0.05) is 30.3 Å². The van der Waals surface area contributed by atoms with E-state index in [0.29, 0.717) is 6.42 Å². The Morgan fingerprint density at radius 1 is 1.21 bits per heavy atom.